The van der Waals surface area contributed by atoms with Gasteiger partial charge in [0.15, 0.2) is 0 Å². The third kappa shape index (κ3) is 2.79. The average Bonchev–Trinajstić information content (AvgIpc) is 2.20. The molecule has 0 heterocycles. The summed E-state index contributed by atoms with van der Waals surface area (Å²) in [6, 6.07) is 2.34. The van der Waals surface area contributed by atoms with Crippen LogP contribution in [0.3, 0.4) is 0 Å². The van der Waals surface area contributed by atoms with E-state index in [1.165, 1.54) is 6.07 Å². The molecule has 0 saturated carbocycles. The molecule has 0 radical (unpaired) electrons. The van der Waals surface area contributed by atoms with Gasteiger partial charge in [-0.2, -0.15) is 0 Å². The fourth-order valence-electron chi connectivity index (χ4n) is 1.29. The number of ether oxygens (including phenoxy) is 1. The number of esters is 1. The summed E-state index contributed by atoms with van der Waals surface area (Å²) in [6.45, 7) is 1.58. The van der Waals surface area contributed by atoms with Crippen molar-refractivity contribution in [3.05, 3.63) is 34.6 Å². The molecule has 0 aliphatic carbocycles. The van der Waals surface area contributed by atoms with Gasteiger partial charge in [-0.1, -0.05) is 0 Å². The van der Waals surface area contributed by atoms with Crippen molar-refractivity contribution in [1.82, 2.24) is 0 Å². The maximum Gasteiger partial charge on any atom is 0.340 e. The number of carbonyl (C=O) groups excluding carboxylic acids is 1. The zero-order valence-corrected chi connectivity index (χ0v) is 9.71. The van der Waals surface area contributed by atoms with Crippen LogP contribution >= 0.6 is 0 Å². The Morgan fingerprint density at radius 3 is 2.56 bits per heavy atom. The molecule has 0 saturated heterocycles. The third-order valence-corrected chi connectivity index (χ3v) is 2.73. The number of rotatable bonds is 3. The number of thiol groups is 1. The van der Waals surface area contributed by atoms with Crippen molar-refractivity contribution in [2.24, 2.45) is 0 Å². The molecule has 16 heavy (non-hydrogen) atoms. The van der Waals surface area contributed by atoms with Crippen LogP contribution in [0.2, 0.25) is 0 Å². The highest BCUT2D eigenvalue weighted by Gasteiger charge is 2.14. The Morgan fingerprint density at radius 2 is 2.06 bits per heavy atom. The zero-order valence-electron chi connectivity index (χ0n) is 8.82. The number of carbonyl (C=O) groups is 1. The summed E-state index contributed by atoms with van der Waals surface area (Å²) in [6.07, 6.45) is 0. The summed E-state index contributed by atoms with van der Waals surface area (Å²) in [5.41, 5.74) is 0.641. The number of aryl methyl sites for hydroxylation is 1. The van der Waals surface area contributed by atoms with E-state index < -0.39 is 22.5 Å². The SMILES string of the molecule is COC(=O)c1cc(C[SH](=O)=O)c(C)cc1F. The molecule has 88 valence electrons. The maximum absolute atomic E-state index is 13.4. The molecule has 1 aromatic carbocycles. The summed E-state index contributed by atoms with van der Waals surface area (Å²) >= 11 is 0. The molecule has 0 fully saturated rings. The number of halogens is 1. The van der Waals surface area contributed by atoms with Crippen LogP contribution < -0.4 is 0 Å². The van der Waals surface area contributed by atoms with Gasteiger partial charge in [-0.15, -0.1) is 0 Å². The molecule has 0 unspecified atom stereocenters. The smallest absolute Gasteiger partial charge is 0.340 e. The Bertz CT molecular complexity index is 486. The molecule has 4 nitrogen and oxygen atoms in total. The van der Waals surface area contributed by atoms with Crippen molar-refractivity contribution < 1.29 is 22.3 Å². The number of methoxy groups -OCH3 is 1. The van der Waals surface area contributed by atoms with E-state index in [1.54, 1.807) is 6.92 Å². The van der Waals surface area contributed by atoms with Crippen LogP contribution in [-0.4, -0.2) is 21.5 Å². The lowest BCUT2D eigenvalue weighted by Crippen LogP contribution is -2.06. The Morgan fingerprint density at radius 1 is 1.44 bits per heavy atom. The van der Waals surface area contributed by atoms with Gasteiger partial charge in [0, 0.05) is 0 Å². The quantitative estimate of drug-likeness (QED) is 0.639. The van der Waals surface area contributed by atoms with E-state index in [4.69, 9.17) is 0 Å². The molecular formula is C10H11FO4S. The second-order valence-corrected chi connectivity index (χ2v) is 4.22. The van der Waals surface area contributed by atoms with E-state index in [0.29, 0.717) is 11.1 Å². The minimum Gasteiger partial charge on any atom is -0.465 e. The van der Waals surface area contributed by atoms with Crippen LogP contribution in [0.5, 0.6) is 0 Å². The summed E-state index contributed by atoms with van der Waals surface area (Å²) in [5.74, 6) is -1.75. The van der Waals surface area contributed by atoms with Gasteiger partial charge in [0.25, 0.3) is 0 Å². The van der Waals surface area contributed by atoms with E-state index in [0.717, 1.165) is 13.2 Å². The molecule has 6 heteroatoms. The first kappa shape index (κ1) is 12.6. The minimum absolute atomic E-state index is 0.217. The molecule has 0 amide bonds. The average molecular weight is 246 g/mol. The Hall–Kier alpha value is -1.43. The van der Waals surface area contributed by atoms with Crippen molar-refractivity contribution in [2.45, 2.75) is 12.7 Å². The fourth-order valence-corrected chi connectivity index (χ4v) is 1.91. The van der Waals surface area contributed by atoms with Gasteiger partial charge in [0.05, 0.1) is 18.4 Å². The van der Waals surface area contributed by atoms with E-state index in [2.05, 4.69) is 4.74 Å². The van der Waals surface area contributed by atoms with Gasteiger partial charge >= 0.3 is 5.97 Å². The Labute approximate surface area is 94.0 Å². The van der Waals surface area contributed by atoms with Crippen LogP contribution in [0.25, 0.3) is 0 Å². The summed E-state index contributed by atoms with van der Waals surface area (Å²) in [4.78, 5) is 11.2. The van der Waals surface area contributed by atoms with Crippen molar-refractivity contribution >= 4 is 16.7 Å². The predicted molar refractivity (Wildman–Crippen MR) is 56.5 cm³/mol. The maximum atomic E-state index is 13.4. The Balaban J connectivity index is 3.26. The molecular weight excluding hydrogens is 235 g/mol. The van der Waals surface area contributed by atoms with Gasteiger partial charge in [-0.25, -0.2) is 17.6 Å². The van der Waals surface area contributed by atoms with Crippen LogP contribution in [0.1, 0.15) is 21.5 Å². The standard InChI is InChI=1S/C10H11FO4S/c1-6-3-9(11)8(10(12)15-2)4-7(6)5-16(13)14/h3-4,16H,5H2,1-2H3. The second kappa shape index (κ2) is 5.07. The highest BCUT2D eigenvalue weighted by atomic mass is 32.2. The van der Waals surface area contributed by atoms with Crippen LogP contribution in [0.4, 0.5) is 4.39 Å². The zero-order chi connectivity index (χ0) is 12.3. The lowest BCUT2D eigenvalue weighted by atomic mass is 10.1. The van der Waals surface area contributed by atoms with E-state index in [1.807, 2.05) is 0 Å². The summed E-state index contributed by atoms with van der Waals surface area (Å²) in [5, 5.41) is 0. The van der Waals surface area contributed by atoms with Gasteiger partial charge in [-0.05, 0) is 30.2 Å². The van der Waals surface area contributed by atoms with Gasteiger partial charge in [0.1, 0.15) is 16.5 Å². The number of hydrogen-bond donors (Lipinski definition) is 1. The van der Waals surface area contributed by atoms with Crippen molar-refractivity contribution in [3.63, 3.8) is 0 Å². The molecule has 0 spiro atoms. The number of benzene rings is 1. The lowest BCUT2D eigenvalue weighted by Gasteiger charge is -2.06. The first-order chi connectivity index (χ1) is 7.45. The van der Waals surface area contributed by atoms with Gasteiger partial charge in [0.2, 0.25) is 0 Å². The number of hydrogen-bond acceptors (Lipinski definition) is 4. The van der Waals surface area contributed by atoms with Crippen LogP contribution in [0.15, 0.2) is 12.1 Å². The molecule has 1 rings (SSSR count). The topological polar surface area (TPSA) is 60.4 Å². The van der Waals surface area contributed by atoms with E-state index in [9.17, 15) is 17.6 Å². The van der Waals surface area contributed by atoms with E-state index >= 15 is 0 Å². The Kier molecular flexibility index (Phi) is 4.00. The summed E-state index contributed by atoms with van der Waals surface area (Å²) in [7, 11) is -1.48. The van der Waals surface area contributed by atoms with Crippen LogP contribution in [-0.2, 0) is 21.2 Å². The summed E-state index contributed by atoms with van der Waals surface area (Å²) < 4.78 is 38.9. The molecule has 0 bridgehead atoms. The van der Waals surface area contributed by atoms with Crippen molar-refractivity contribution in [1.29, 1.82) is 0 Å². The first-order valence-corrected chi connectivity index (χ1v) is 5.81. The molecule has 0 aliphatic heterocycles. The van der Waals surface area contributed by atoms with Crippen LogP contribution in [0, 0.1) is 12.7 Å². The predicted octanol–water partition coefficient (Wildman–Crippen LogP) is 1.03. The molecule has 0 atom stereocenters. The molecule has 0 N–H and O–H groups in total. The van der Waals surface area contributed by atoms with Gasteiger partial charge in [-0.3, -0.25) is 0 Å². The third-order valence-electron chi connectivity index (χ3n) is 2.13. The highest BCUT2D eigenvalue weighted by Crippen LogP contribution is 2.17. The lowest BCUT2D eigenvalue weighted by molar-refractivity contribution is 0.0595. The highest BCUT2D eigenvalue weighted by molar-refractivity contribution is 7.71. The molecule has 0 aromatic heterocycles. The van der Waals surface area contributed by atoms with Gasteiger partial charge < -0.3 is 4.74 Å². The second-order valence-electron chi connectivity index (χ2n) is 3.24. The van der Waals surface area contributed by atoms with E-state index in [-0.39, 0.29) is 11.3 Å². The monoisotopic (exact) mass is 246 g/mol. The largest absolute Gasteiger partial charge is 0.465 e. The molecule has 1 aromatic rings. The first-order valence-electron chi connectivity index (χ1n) is 4.45. The van der Waals surface area contributed by atoms with Crippen molar-refractivity contribution in [3.8, 4) is 0 Å². The fraction of sp³-hybridized carbons (Fsp3) is 0.300. The molecule has 0 aliphatic rings. The normalized spacial score (nSPS) is 10.5. The minimum atomic E-state index is -2.61. The van der Waals surface area contributed by atoms with Crippen molar-refractivity contribution in [2.75, 3.05) is 7.11 Å².